The van der Waals surface area contributed by atoms with Gasteiger partial charge in [-0.2, -0.15) is 0 Å². The Kier molecular flexibility index (Phi) is 7.62. The van der Waals surface area contributed by atoms with E-state index in [4.69, 9.17) is 11.6 Å². The third kappa shape index (κ3) is 5.76. The topological polar surface area (TPSA) is 89.4 Å². The minimum atomic E-state index is -0.573. The van der Waals surface area contributed by atoms with Crippen molar-refractivity contribution in [2.45, 2.75) is 52.5 Å². The van der Waals surface area contributed by atoms with Gasteiger partial charge in [0.1, 0.15) is 24.9 Å². The second-order valence-electron chi connectivity index (χ2n) is 10.5. The molecule has 3 atom stereocenters. The largest absolute Gasteiger partial charge is 0.343 e. The summed E-state index contributed by atoms with van der Waals surface area (Å²) in [5.41, 5.74) is 4.21. The molecule has 3 heterocycles. The molecule has 0 bridgehead atoms. The summed E-state index contributed by atoms with van der Waals surface area (Å²) in [6.45, 7) is 10.2. The molecular weight excluding hydrogens is 464 g/mol. The number of nitrogens with zero attached hydrogens (tertiary/aromatic N) is 4. The number of benzene rings is 1. The summed E-state index contributed by atoms with van der Waals surface area (Å²) in [7, 11) is 0. The van der Waals surface area contributed by atoms with E-state index in [1.807, 2.05) is 37.0 Å². The van der Waals surface area contributed by atoms with Gasteiger partial charge in [-0.05, 0) is 53.9 Å². The van der Waals surface area contributed by atoms with Crippen LogP contribution in [-0.4, -0.2) is 60.1 Å². The molecule has 4 rings (SSSR count). The Bertz CT molecular complexity index is 1030. The van der Waals surface area contributed by atoms with Gasteiger partial charge in [0, 0.05) is 24.3 Å². The average molecular weight is 499 g/mol. The van der Waals surface area contributed by atoms with Crippen LogP contribution >= 0.6 is 11.6 Å². The lowest BCUT2D eigenvalue weighted by Crippen LogP contribution is -2.56. The molecule has 1 saturated heterocycles. The van der Waals surface area contributed by atoms with Gasteiger partial charge in [0.15, 0.2) is 0 Å². The smallest absolute Gasteiger partial charge is 0.245 e. The fourth-order valence-corrected chi connectivity index (χ4v) is 5.22. The molecule has 0 aromatic heterocycles. The van der Waals surface area contributed by atoms with Crippen molar-refractivity contribution < 1.29 is 9.59 Å². The number of aliphatic imine (C=N–C) groups is 2. The first kappa shape index (κ1) is 25.4. The molecule has 0 spiro atoms. The molecule has 3 aliphatic rings. The van der Waals surface area contributed by atoms with Crippen molar-refractivity contribution in [3.8, 4) is 0 Å². The Labute approximate surface area is 212 Å². The molecule has 0 aliphatic carbocycles. The maximum Gasteiger partial charge on any atom is 0.245 e. The summed E-state index contributed by atoms with van der Waals surface area (Å²) in [4.78, 5) is 37.1. The van der Waals surface area contributed by atoms with E-state index in [1.54, 1.807) is 17.6 Å². The van der Waals surface area contributed by atoms with E-state index in [0.29, 0.717) is 32.1 Å². The maximum absolute atomic E-state index is 13.6. The molecule has 2 N–H and O–H groups in total. The van der Waals surface area contributed by atoms with E-state index in [-0.39, 0.29) is 23.1 Å². The Hall–Kier alpha value is -2.71. The molecule has 0 radical (unpaired) electrons. The van der Waals surface area contributed by atoms with Crippen LogP contribution in [0.3, 0.4) is 0 Å². The van der Waals surface area contributed by atoms with Gasteiger partial charge < -0.3 is 10.2 Å². The van der Waals surface area contributed by atoms with Gasteiger partial charge in [-0.3, -0.25) is 14.6 Å². The number of likely N-dealkylation sites (tertiary alicyclic amines) is 1. The Morgan fingerprint density at radius 1 is 1.23 bits per heavy atom. The van der Waals surface area contributed by atoms with E-state index in [2.05, 4.69) is 46.7 Å². The molecule has 1 fully saturated rings. The first-order valence-corrected chi connectivity index (χ1v) is 12.6. The SMILES string of the molecule is CC(C)[C@@H](NC(=O)C1C=NC(N2C=NCN2)=CC1)C(=O)N1CC[C@H](c2ccc(Cl)cc2)C(C)(C)C1. The zero-order chi connectivity index (χ0) is 25.2. The third-order valence-corrected chi connectivity index (χ3v) is 7.35. The average Bonchev–Trinajstić information content (AvgIpc) is 3.37. The lowest BCUT2D eigenvalue weighted by Gasteiger charge is -2.46. The lowest BCUT2D eigenvalue weighted by atomic mass is 9.70. The van der Waals surface area contributed by atoms with Crippen molar-refractivity contribution >= 4 is 36.0 Å². The van der Waals surface area contributed by atoms with E-state index < -0.39 is 12.0 Å². The summed E-state index contributed by atoms with van der Waals surface area (Å²) in [6, 6.07) is 7.45. The molecule has 1 aromatic rings. The monoisotopic (exact) mass is 498 g/mol. The first-order valence-electron chi connectivity index (χ1n) is 12.3. The number of nitrogens with one attached hydrogen (secondary N) is 2. The summed E-state index contributed by atoms with van der Waals surface area (Å²) in [5.74, 6) is 0.439. The molecule has 8 nitrogen and oxygen atoms in total. The van der Waals surface area contributed by atoms with Crippen LogP contribution in [0.1, 0.15) is 52.0 Å². The number of carbonyl (C=O) groups excluding carboxylic acids is 2. The highest BCUT2D eigenvalue weighted by Crippen LogP contribution is 2.42. The van der Waals surface area contributed by atoms with Crippen LogP contribution in [0.2, 0.25) is 5.02 Å². The number of hydrogen-bond donors (Lipinski definition) is 2. The normalized spacial score (nSPS) is 24.5. The van der Waals surface area contributed by atoms with Gasteiger partial charge in [0.05, 0.1) is 5.92 Å². The van der Waals surface area contributed by atoms with Gasteiger partial charge in [0.25, 0.3) is 0 Å². The van der Waals surface area contributed by atoms with Crippen molar-refractivity contribution in [1.29, 1.82) is 0 Å². The van der Waals surface area contributed by atoms with Crippen molar-refractivity contribution in [2.24, 2.45) is 27.2 Å². The minimum absolute atomic E-state index is 0.0163. The highest BCUT2D eigenvalue weighted by molar-refractivity contribution is 6.30. The second kappa shape index (κ2) is 10.5. The van der Waals surface area contributed by atoms with Crippen LogP contribution in [0.25, 0.3) is 0 Å². The number of carbonyl (C=O) groups is 2. The van der Waals surface area contributed by atoms with Gasteiger partial charge in [-0.15, -0.1) is 0 Å². The molecule has 1 unspecified atom stereocenters. The van der Waals surface area contributed by atoms with Crippen molar-refractivity contribution in [2.75, 3.05) is 19.8 Å². The zero-order valence-corrected chi connectivity index (χ0v) is 21.6. The van der Waals surface area contributed by atoms with Crippen LogP contribution in [0.5, 0.6) is 0 Å². The Morgan fingerprint density at radius 2 is 1.97 bits per heavy atom. The van der Waals surface area contributed by atoms with Gasteiger partial charge in [-0.1, -0.05) is 51.4 Å². The molecule has 35 heavy (non-hydrogen) atoms. The predicted molar refractivity (Wildman–Crippen MR) is 139 cm³/mol. The zero-order valence-electron chi connectivity index (χ0n) is 20.9. The number of amides is 2. The molecule has 3 aliphatic heterocycles. The summed E-state index contributed by atoms with van der Waals surface area (Å²) in [6.07, 6.45) is 6.63. The molecule has 9 heteroatoms. The fourth-order valence-electron chi connectivity index (χ4n) is 5.10. The quantitative estimate of drug-likeness (QED) is 0.627. The van der Waals surface area contributed by atoms with E-state index in [1.165, 1.54) is 5.56 Å². The number of piperidine rings is 1. The Balaban J connectivity index is 1.38. The van der Waals surface area contributed by atoms with Gasteiger partial charge >= 0.3 is 0 Å². The molecule has 0 saturated carbocycles. The van der Waals surface area contributed by atoms with Crippen LogP contribution in [0.15, 0.2) is 46.1 Å². The highest BCUT2D eigenvalue weighted by atomic mass is 35.5. The van der Waals surface area contributed by atoms with Gasteiger partial charge in [0.2, 0.25) is 11.8 Å². The van der Waals surface area contributed by atoms with Crippen LogP contribution in [0.4, 0.5) is 0 Å². The summed E-state index contributed by atoms with van der Waals surface area (Å²) in [5, 5.41) is 5.49. The second-order valence-corrected chi connectivity index (χ2v) is 11.0. The molecule has 188 valence electrons. The number of rotatable bonds is 6. The number of hydrazine groups is 1. The standard InChI is InChI=1S/C26H35ClN6O2/c1-17(2)23(31-24(34)19-7-10-22(29-13-19)33-16-28-15-30-33)25(35)32-12-11-21(26(3,4)14-32)18-5-8-20(27)9-6-18/h5-6,8-10,13,16-17,19,21,23,30H,7,11-12,14-15H2,1-4H3,(H,31,34)/t19?,21-,23-/m1/s1. The van der Waals surface area contributed by atoms with E-state index in [0.717, 1.165) is 17.3 Å². The molecule has 1 aromatic carbocycles. The minimum Gasteiger partial charge on any atom is -0.343 e. The van der Waals surface area contributed by atoms with E-state index in [9.17, 15) is 9.59 Å². The lowest BCUT2D eigenvalue weighted by molar-refractivity contribution is -0.141. The van der Waals surface area contributed by atoms with Crippen LogP contribution in [0, 0.1) is 17.3 Å². The van der Waals surface area contributed by atoms with Gasteiger partial charge in [-0.25, -0.2) is 15.4 Å². The highest BCUT2D eigenvalue weighted by Gasteiger charge is 2.40. The predicted octanol–water partition coefficient (Wildman–Crippen LogP) is 3.56. The molecular formula is C26H35ClN6O2. The van der Waals surface area contributed by atoms with Crippen molar-refractivity contribution in [3.05, 3.63) is 46.7 Å². The van der Waals surface area contributed by atoms with Crippen molar-refractivity contribution in [3.63, 3.8) is 0 Å². The van der Waals surface area contributed by atoms with Crippen LogP contribution < -0.4 is 10.7 Å². The first-order chi connectivity index (χ1) is 16.7. The summed E-state index contributed by atoms with van der Waals surface area (Å²) >= 11 is 6.08. The Morgan fingerprint density at radius 3 is 2.54 bits per heavy atom. The van der Waals surface area contributed by atoms with E-state index >= 15 is 0 Å². The van der Waals surface area contributed by atoms with Crippen LogP contribution in [-0.2, 0) is 9.59 Å². The number of hydrogen-bond acceptors (Lipinski definition) is 6. The third-order valence-electron chi connectivity index (χ3n) is 7.10. The fraction of sp³-hybridized carbons (Fsp3) is 0.538. The number of halogens is 1. The number of allylic oxidation sites excluding steroid dienone is 1. The molecule has 2 amide bonds. The van der Waals surface area contributed by atoms with Crippen molar-refractivity contribution in [1.82, 2.24) is 20.7 Å². The maximum atomic E-state index is 13.6. The summed E-state index contributed by atoms with van der Waals surface area (Å²) < 4.78 is 0.